The van der Waals surface area contributed by atoms with E-state index in [2.05, 4.69) is 5.10 Å². The molecule has 0 aliphatic heterocycles. The fourth-order valence-electron chi connectivity index (χ4n) is 1.64. The maximum atomic E-state index is 11.9. The van der Waals surface area contributed by atoms with E-state index in [0.717, 1.165) is 12.1 Å². The third-order valence-corrected chi connectivity index (χ3v) is 6.35. The van der Waals surface area contributed by atoms with Crippen LogP contribution < -0.4 is 4.85 Å². The minimum absolute atomic E-state index is 0.107. The van der Waals surface area contributed by atoms with Gasteiger partial charge in [-0.2, -0.15) is 0 Å². The van der Waals surface area contributed by atoms with Gasteiger partial charge in [0.05, 0.1) is 11.5 Å². The molecule has 0 amide bonds. The Kier molecular flexibility index (Phi) is 6.09. The zero-order valence-electron chi connectivity index (χ0n) is 12.1. The molecule has 0 bridgehead atoms. The van der Waals surface area contributed by atoms with Crippen LogP contribution in [0.3, 0.4) is 0 Å². The lowest BCUT2D eigenvalue weighted by atomic mass is 10.4. The first-order valence-electron chi connectivity index (χ1n) is 6.81. The van der Waals surface area contributed by atoms with Crippen molar-refractivity contribution in [3.05, 3.63) is 17.3 Å². The largest absolute Gasteiger partial charge is 0.593 e. The van der Waals surface area contributed by atoms with Crippen LogP contribution in [0.15, 0.2) is 22.2 Å². The first-order chi connectivity index (χ1) is 9.74. The maximum absolute atomic E-state index is 11.9. The van der Waals surface area contributed by atoms with Crippen LogP contribution in [0.5, 0.6) is 0 Å². The smallest absolute Gasteiger partial charge is 0.335 e. The molecule has 7 nitrogen and oxygen atoms in total. The highest BCUT2D eigenvalue weighted by molar-refractivity contribution is 7.91. The maximum Gasteiger partial charge on any atom is 0.335 e. The van der Waals surface area contributed by atoms with Crippen LogP contribution in [0.25, 0.3) is 0 Å². The fraction of sp³-hybridized carbons (Fsp3) is 0.667. The van der Waals surface area contributed by atoms with Gasteiger partial charge in [-0.1, -0.05) is 26.7 Å². The quantitative estimate of drug-likeness (QED) is 0.514. The number of hydrogen-bond acceptors (Lipinski definition) is 6. The van der Waals surface area contributed by atoms with Crippen LogP contribution in [-0.2, 0) is 19.7 Å². The third kappa shape index (κ3) is 4.63. The molecule has 1 aromatic heterocycles. The van der Waals surface area contributed by atoms with E-state index in [0.29, 0.717) is 25.7 Å². The van der Waals surface area contributed by atoms with Gasteiger partial charge in [0, 0.05) is 11.2 Å². The monoisotopic (exact) mass is 336 g/mol. The second-order valence-corrected chi connectivity index (χ2v) is 8.84. The van der Waals surface area contributed by atoms with Crippen LogP contribution in [0.4, 0.5) is 0 Å². The molecule has 0 aliphatic carbocycles. The number of sulfone groups is 2. The minimum atomic E-state index is -3.74. The molecule has 0 atom stereocenters. The van der Waals surface area contributed by atoms with E-state index in [-0.39, 0.29) is 21.4 Å². The molecule has 9 heteroatoms. The number of unbranched alkanes of at least 4 members (excludes halogenated alkanes) is 2. The lowest BCUT2D eigenvalue weighted by Crippen LogP contribution is -2.40. The summed E-state index contributed by atoms with van der Waals surface area (Å²) in [5, 5.41) is 14.2. The second-order valence-electron chi connectivity index (χ2n) is 4.73. The van der Waals surface area contributed by atoms with Gasteiger partial charge in [0.2, 0.25) is 24.7 Å². The lowest BCUT2D eigenvalue weighted by Gasteiger charge is -2.05. The second kappa shape index (κ2) is 7.17. The topological polar surface area (TPSA) is 108 Å². The zero-order chi connectivity index (χ0) is 16.1. The molecule has 0 radical (unpaired) electrons. The Balaban J connectivity index is 3.12. The predicted octanol–water partition coefficient (Wildman–Crippen LogP) is 0.863. The Hall–Kier alpha value is -1.22. The normalized spacial score (nSPS) is 12.5. The van der Waals surface area contributed by atoms with E-state index in [1.165, 1.54) is 0 Å². The molecule has 120 valence electrons. The molecule has 1 aromatic rings. The van der Waals surface area contributed by atoms with Crippen molar-refractivity contribution in [1.82, 2.24) is 5.10 Å². The average Bonchev–Trinajstić information content (AvgIpc) is 2.42. The third-order valence-electron chi connectivity index (χ3n) is 2.92. The molecule has 1 rings (SSSR count). The molecule has 0 spiro atoms. The van der Waals surface area contributed by atoms with Gasteiger partial charge < -0.3 is 5.21 Å². The molecular formula is C12H20N2O5S2. The first-order valence-corrected chi connectivity index (χ1v) is 10.1. The van der Waals surface area contributed by atoms with Crippen molar-refractivity contribution in [2.24, 2.45) is 0 Å². The highest BCUT2D eigenvalue weighted by atomic mass is 32.2. The summed E-state index contributed by atoms with van der Waals surface area (Å²) in [6, 6.07) is 2.10. The Morgan fingerprint density at radius 3 is 2.00 bits per heavy atom. The van der Waals surface area contributed by atoms with E-state index >= 15 is 0 Å². The van der Waals surface area contributed by atoms with Gasteiger partial charge in [0.15, 0.2) is 0 Å². The highest BCUT2D eigenvalue weighted by Gasteiger charge is 2.27. The van der Waals surface area contributed by atoms with Gasteiger partial charge in [-0.05, 0) is 23.8 Å². The molecule has 21 heavy (non-hydrogen) atoms. The number of hydrogen-bond donors (Lipinski definition) is 0. The Labute approximate surface area is 125 Å². The number of aromatic nitrogens is 2. The van der Waals surface area contributed by atoms with Crippen molar-refractivity contribution >= 4 is 19.7 Å². The molecule has 0 unspecified atom stereocenters. The number of nitrogens with zero attached hydrogens (tertiary/aromatic N) is 2. The SMILES string of the molecule is CCCCS(=O)(=O)c1ccc(S(=O)(=O)CCCC)[n+]([O-])n1. The molecule has 0 N–H and O–H groups in total. The molecule has 0 fully saturated rings. The predicted molar refractivity (Wildman–Crippen MR) is 77.1 cm³/mol. The van der Waals surface area contributed by atoms with Crippen molar-refractivity contribution in [2.45, 2.75) is 49.6 Å². The summed E-state index contributed by atoms with van der Waals surface area (Å²) in [5.41, 5.74) is 0. The van der Waals surface area contributed by atoms with Crippen molar-refractivity contribution in [3.8, 4) is 0 Å². The van der Waals surface area contributed by atoms with E-state index in [4.69, 9.17) is 0 Å². The molecule has 0 saturated carbocycles. The van der Waals surface area contributed by atoms with Gasteiger partial charge >= 0.3 is 5.03 Å². The molecule has 0 aliphatic rings. The van der Waals surface area contributed by atoms with Crippen LogP contribution in [0, 0.1) is 5.21 Å². The van der Waals surface area contributed by atoms with Crippen LogP contribution >= 0.6 is 0 Å². The van der Waals surface area contributed by atoms with Crippen molar-refractivity contribution in [3.63, 3.8) is 0 Å². The van der Waals surface area contributed by atoms with E-state index in [9.17, 15) is 22.0 Å². The van der Waals surface area contributed by atoms with Crippen molar-refractivity contribution in [2.75, 3.05) is 11.5 Å². The van der Waals surface area contributed by atoms with Gasteiger partial charge in [0.1, 0.15) is 0 Å². The zero-order valence-corrected chi connectivity index (χ0v) is 13.8. The van der Waals surface area contributed by atoms with Crippen molar-refractivity contribution in [1.29, 1.82) is 0 Å². The summed E-state index contributed by atoms with van der Waals surface area (Å²) in [5.74, 6) is -0.270. The molecule has 1 heterocycles. The summed E-state index contributed by atoms with van der Waals surface area (Å²) in [4.78, 5) is -0.107. The first kappa shape index (κ1) is 17.8. The summed E-state index contributed by atoms with van der Waals surface area (Å²) < 4.78 is 47.7. The van der Waals surface area contributed by atoms with Gasteiger partial charge in [0.25, 0.3) is 0 Å². The fourth-order valence-corrected chi connectivity index (χ4v) is 4.43. The Morgan fingerprint density at radius 1 is 1.00 bits per heavy atom. The minimum Gasteiger partial charge on any atom is -0.593 e. The summed E-state index contributed by atoms with van der Waals surface area (Å²) in [6.07, 6.45) is 2.26. The van der Waals surface area contributed by atoms with Crippen LogP contribution in [0.1, 0.15) is 39.5 Å². The van der Waals surface area contributed by atoms with Crippen LogP contribution in [-0.4, -0.2) is 33.4 Å². The lowest BCUT2D eigenvalue weighted by molar-refractivity contribution is -0.711. The van der Waals surface area contributed by atoms with E-state index in [1.54, 1.807) is 0 Å². The van der Waals surface area contributed by atoms with Gasteiger partial charge in [-0.3, -0.25) is 0 Å². The number of rotatable bonds is 8. The van der Waals surface area contributed by atoms with E-state index in [1.807, 2.05) is 13.8 Å². The molecule has 0 aromatic carbocycles. The highest BCUT2D eigenvalue weighted by Crippen LogP contribution is 2.12. The summed E-state index contributed by atoms with van der Waals surface area (Å²) >= 11 is 0. The summed E-state index contributed by atoms with van der Waals surface area (Å²) in [7, 11) is -7.39. The summed E-state index contributed by atoms with van der Waals surface area (Å²) in [6.45, 7) is 3.68. The van der Waals surface area contributed by atoms with Crippen LogP contribution in [0.2, 0.25) is 0 Å². The average molecular weight is 336 g/mol. The van der Waals surface area contributed by atoms with Gasteiger partial charge in [-0.15, -0.1) is 0 Å². The van der Waals surface area contributed by atoms with E-state index < -0.39 is 24.7 Å². The van der Waals surface area contributed by atoms with Gasteiger partial charge in [-0.25, -0.2) is 16.8 Å². The Bertz CT molecular complexity index is 684. The standard InChI is InChI=1S/C12H20N2O5S2/c1-3-5-9-20(16,17)11-7-8-12(14(15)13-11)21(18,19)10-6-4-2/h7-8H,3-6,9-10H2,1-2H3. The van der Waals surface area contributed by atoms with Crippen molar-refractivity contribution < 1.29 is 21.7 Å². The molecular weight excluding hydrogens is 316 g/mol. The Morgan fingerprint density at radius 2 is 1.52 bits per heavy atom. The molecule has 0 saturated heterocycles.